The third-order valence-electron chi connectivity index (χ3n) is 1.34. The maximum atomic E-state index is 10.7. The number of hydrogen-bond acceptors (Lipinski definition) is 4. The Hall–Kier alpha value is -1.36. The van der Waals surface area contributed by atoms with E-state index in [1.807, 2.05) is 0 Å². The van der Waals surface area contributed by atoms with Gasteiger partial charge in [-0.2, -0.15) is 0 Å². The van der Waals surface area contributed by atoms with E-state index in [1.54, 1.807) is 12.1 Å². The summed E-state index contributed by atoms with van der Waals surface area (Å²) in [7, 11) is -2.45. The Morgan fingerprint density at radius 1 is 1.36 bits per heavy atom. The average Bonchev–Trinajstić information content (AvgIpc) is 2.31. The minimum absolute atomic E-state index is 0.0432. The molecule has 11 heavy (non-hydrogen) atoms. The lowest BCUT2D eigenvalue weighted by Gasteiger charge is -1.88. The smallest absolute Gasteiger partial charge is 0.504 e. The van der Waals surface area contributed by atoms with Crippen LogP contribution >= 0.6 is 0 Å². The predicted molar refractivity (Wildman–Crippen MR) is 36.6 cm³/mol. The number of para-hydroxylation sites is 1. The van der Waals surface area contributed by atoms with Crippen LogP contribution < -0.4 is 0 Å². The number of rotatable bonds is 0. The average molecular weight is 168 g/mol. The highest BCUT2D eigenvalue weighted by atomic mass is 28.2. The molecule has 0 unspecified atom stereocenters. The van der Waals surface area contributed by atoms with Gasteiger partial charge in [-0.3, -0.25) is 4.46 Å². The van der Waals surface area contributed by atoms with Crippen LogP contribution in [0.15, 0.2) is 26.4 Å². The lowest BCUT2D eigenvalue weighted by molar-refractivity contribution is 0.457. The normalized spacial score (nSPS) is 10.5. The molecule has 0 fully saturated rings. The molecule has 1 heterocycles. The second-order valence-electron chi connectivity index (χ2n) is 2.06. The number of hydrogen-bond donors (Lipinski definition) is 1. The summed E-state index contributed by atoms with van der Waals surface area (Å²) in [6.07, 6.45) is 0. The van der Waals surface area contributed by atoms with Gasteiger partial charge in [0.15, 0.2) is 16.9 Å². The standard InChI is InChI=1S/C6H4O4Si/c7-4-2-1-3-5-6(4)10-11(8)9-5/h1-3,7H. The maximum Gasteiger partial charge on any atom is 0.779 e. The Morgan fingerprint density at radius 2 is 2.18 bits per heavy atom. The molecule has 0 amide bonds. The second-order valence-corrected chi connectivity index (χ2v) is 2.97. The molecule has 1 aromatic carbocycles. The minimum Gasteiger partial charge on any atom is -0.504 e. The van der Waals surface area contributed by atoms with Crippen molar-refractivity contribution in [2.45, 2.75) is 0 Å². The van der Waals surface area contributed by atoms with Gasteiger partial charge < -0.3 is 13.3 Å². The zero-order chi connectivity index (χ0) is 7.84. The molecular weight excluding hydrogens is 164 g/mol. The molecule has 0 bridgehead atoms. The van der Waals surface area contributed by atoms with Crippen LogP contribution in [-0.4, -0.2) is 13.9 Å². The number of fused-ring (bicyclic) bond motifs is 1. The molecule has 2 rings (SSSR count). The summed E-state index contributed by atoms with van der Waals surface area (Å²) in [5.41, 5.74) is 0.519. The SMILES string of the molecule is O=[si]1oc2cccc(O)c2o1. The first-order valence-corrected chi connectivity index (χ1v) is 4.21. The molecule has 4 nitrogen and oxygen atoms in total. The van der Waals surface area contributed by atoms with Gasteiger partial charge in [0.05, 0.1) is 0 Å². The van der Waals surface area contributed by atoms with Gasteiger partial charge >= 0.3 is 8.80 Å². The monoisotopic (exact) mass is 168 g/mol. The van der Waals surface area contributed by atoms with Crippen LogP contribution in [0.2, 0.25) is 0 Å². The zero-order valence-electron chi connectivity index (χ0n) is 5.40. The molecule has 56 valence electrons. The van der Waals surface area contributed by atoms with E-state index >= 15 is 0 Å². The van der Waals surface area contributed by atoms with Crippen LogP contribution in [0.1, 0.15) is 0 Å². The lowest BCUT2D eigenvalue weighted by Crippen LogP contribution is -1.64. The van der Waals surface area contributed by atoms with E-state index in [0.717, 1.165) is 0 Å². The van der Waals surface area contributed by atoms with Crippen LogP contribution in [0.5, 0.6) is 5.75 Å². The van der Waals surface area contributed by atoms with Gasteiger partial charge in [0, 0.05) is 0 Å². The molecule has 0 radical (unpaired) electrons. The number of phenols is 1. The Labute approximate surface area is 62.5 Å². The third-order valence-corrected chi connectivity index (χ3v) is 2.09. The van der Waals surface area contributed by atoms with Gasteiger partial charge in [-0.1, -0.05) is 6.07 Å². The van der Waals surface area contributed by atoms with Crippen LogP contribution in [0, 0.1) is 0 Å². The highest BCUT2D eigenvalue weighted by Crippen LogP contribution is 2.23. The molecule has 0 atom stereocenters. The van der Waals surface area contributed by atoms with Crippen molar-refractivity contribution in [2.75, 3.05) is 0 Å². The Morgan fingerprint density at radius 3 is 2.91 bits per heavy atom. The minimum atomic E-state index is -2.45. The van der Waals surface area contributed by atoms with Gasteiger partial charge in [-0.05, 0) is 12.1 Å². The number of benzene rings is 1. The Kier molecular flexibility index (Phi) is 1.19. The summed E-state index contributed by atoms with van der Waals surface area (Å²) >= 11 is 0. The highest BCUT2D eigenvalue weighted by Gasteiger charge is 2.07. The van der Waals surface area contributed by atoms with Crippen molar-refractivity contribution >= 4 is 20.0 Å². The maximum absolute atomic E-state index is 10.7. The van der Waals surface area contributed by atoms with E-state index in [0.29, 0.717) is 5.58 Å². The van der Waals surface area contributed by atoms with E-state index in [1.165, 1.54) is 6.07 Å². The predicted octanol–water partition coefficient (Wildman–Crippen LogP) is 1.23. The first-order valence-electron chi connectivity index (χ1n) is 2.99. The topological polar surface area (TPSA) is 63.6 Å². The van der Waals surface area contributed by atoms with Crippen LogP contribution in [0.4, 0.5) is 0 Å². The van der Waals surface area contributed by atoms with E-state index in [-0.39, 0.29) is 11.3 Å². The van der Waals surface area contributed by atoms with E-state index in [9.17, 15) is 4.46 Å². The molecule has 0 aliphatic carbocycles. The molecule has 0 spiro atoms. The first-order chi connectivity index (χ1) is 5.27. The molecule has 0 aliphatic heterocycles. The number of phenolic OH excluding ortho intramolecular Hbond substituents is 1. The van der Waals surface area contributed by atoms with Crippen molar-refractivity contribution in [3.63, 3.8) is 0 Å². The molecular formula is C6H4O4Si. The van der Waals surface area contributed by atoms with Crippen molar-refractivity contribution in [1.29, 1.82) is 0 Å². The van der Waals surface area contributed by atoms with Crippen LogP contribution in [0.3, 0.4) is 0 Å². The van der Waals surface area contributed by atoms with E-state index in [2.05, 4.69) is 0 Å². The molecule has 0 saturated carbocycles. The molecule has 0 aliphatic rings. The fourth-order valence-electron chi connectivity index (χ4n) is 0.881. The summed E-state index contributed by atoms with van der Waals surface area (Å²) in [6, 6.07) is 4.63. The van der Waals surface area contributed by atoms with Gasteiger partial charge in [0.2, 0.25) is 0 Å². The molecule has 0 saturated heterocycles. The fraction of sp³-hybridized carbons (Fsp3) is 0. The van der Waals surface area contributed by atoms with Crippen LogP contribution in [-0.2, 0) is 4.46 Å². The summed E-state index contributed by atoms with van der Waals surface area (Å²) in [5, 5.41) is 9.12. The Bertz CT molecular complexity index is 441. The molecule has 2 aromatic rings. The summed E-state index contributed by atoms with van der Waals surface area (Å²) in [6.45, 7) is 0. The van der Waals surface area contributed by atoms with Crippen molar-refractivity contribution in [1.82, 2.24) is 0 Å². The quantitative estimate of drug-likeness (QED) is 0.601. The Balaban J connectivity index is 3.01. The zero-order valence-corrected chi connectivity index (χ0v) is 6.40. The van der Waals surface area contributed by atoms with Gasteiger partial charge in [0.1, 0.15) is 0 Å². The van der Waals surface area contributed by atoms with Crippen molar-refractivity contribution in [3.8, 4) is 5.75 Å². The molecule has 1 aromatic heterocycles. The van der Waals surface area contributed by atoms with Crippen LogP contribution in [0.25, 0.3) is 11.2 Å². The number of aromatic hydroxyl groups is 1. The fourth-order valence-corrected chi connectivity index (χ4v) is 1.63. The largest absolute Gasteiger partial charge is 0.779 e. The summed E-state index contributed by atoms with van der Waals surface area (Å²) < 4.78 is 20.1. The molecule has 5 heteroatoms. The van der Waals surface area contributed by atoms with Gasteiger partial charge in [0.25, 0.3) is 0 Å². The summed E-state index contributed by atoms with van der Waals surface area (Å²) in [4.78, 5) is 0. The third kappa shape index (κ3) is 0.893. The van der Waals surface area contributed by atoms with E-state index < -0.39 is 8.80 Å². The summed E-state index contributed by atoms with van der Waals surface area (Å²) in [5.74, 6) is -0.0432. The lowest BCUT2D eigenvalue weighted by atomic mass is 10.3. The van der Waals surface area contributed by atoms with Crippen molar-refractivity contribution in [3.05, 3.63) is 18.2 Å². The van der Waals surface area contributed by atoms with Crippen molar-refractivity contribution in [2.24, 2.45) is 0 Å². The van der Waals surface area contributed by atoms with Crippen molar-refractivity contribution < 1.29 is 17.8 Å². The molecule has 1 N–H and O–H groups in total. The first kappa shape index (κ1) is 6.35. The van der Waals surface area contributed by atoms with Gasteiger partial charge in [-0.25, -0.2) is 0 Å². The highest BCUT2D eigenvalue weighted by molar-refractivity contribution is 6.17. The second kappa shape index (κ2) is 2.06. The van der Waals surface area contributed by atoms with E-state index in [4.69, 9.17) is 13.3 Å². The van der Waals surface area contributed by atoms with Gasteiger partial charge in [-0.15, -0.1) is 0 Å².